The normalized spacial score (nSPS) is 15.7. The lowest BCUT2D eigenvalue weighted by Gasteiger charge is -2.32. The summed E-state index contributed by atoms with van der Waals surface area (Å²) in [7, 11) is 2.11. The molecule has 1 aromatic rings. The van der Waals surface area contributed by atoms with Crippen LogP contribution in [0.3, 0.4) is 0 Å². The maximum Gasteiger partial charge on any atom is 0.0509 e. The quantitative estimate of drug-likeness (QED) is 0.818. The summed E-state index contributed by atoms with van der Waals surface area (Å²) in [6.45, 7) is 7.32. The molecule has 0 aliphatic heterocycles. The van der Waals surface area contributed by atoms with E-state index in [1.165, 1.54) is 5.56 Å². The first-order valence-corrected chi connectivity index (χ1v) is 5.48. The van der Waals surface area contributed by atoms with Crippen molar-refractivity contribution in [2.75, 3.05) is 13.6 Å². The van der Waals surface area contributed by atoms with Crippen molar-refractivity contribution in [3.8, 4) is 0 Å². The van der Waals surface area contributed by atoms with Crippen LogP contribution < -0.4 is 5.73 Å². The first-order valence-electron chi connectivity index (χ1n) is 5.48. The van der Waals surface area contributed by atoms with E-state index in [4.69, 9.17) is 5.73 Å². The lowest BCUT2D eigenvalue weighted by Crippen LogP contribution is -2.46. The molecule has 1 atom stereocenters. The minimum absolute atomic E-state index is 0.277. The Hall–Kier alpha value is -0.860. The molecule has 0 aliphatic rings. The highest BCUT2D eigenvalue weighted by Gasteiger charge is 2.23. The van der Waals surface area contributed by atoms with E-state index in [1.54, 1.807) is 0 Å². The van der Waals surface area contributed by atoms with Gasteiger partial charge in [0.2, 0.25) is 0 Å². The molecular formula is C13H22N2. The van der Waals surface area contributed by atoms with Crippen molar-refractivity contribution >= 4 is 0 Å². The summed E-state index contributed by atoms with van der Waals surface area (Å²) in [6.07, 6.45) is 0. The van der Waals surface area contributed by atoms with Crippen LogP contribution >= 0.6 is 0 Å². The maximum absolute atomic E-state index is 6.34. The van der Waals surface area contributed by atoms with Crippen LogP contribution in [0.4, 0.5) is 0 Å². The third-order valence-electron chi connectivity index (χ3n) is 2.89. The Morgan fingerprint density at radius 1 is 1.27 bits per heavy atom. The monoisotopic (exact) mass is 206 g/mol. The largest absolute Gasteiger partial charge is 0.321 e. The Kier molecular flexibility index (Phi) is 3.89. The summed E-state index contributed by atoms with van der Waals surface area (Å²) in [5, 5.41) is 0. The van der Waals surface area contributed by atoms with E-state index in [9.17, 15) is 0 Å². The first-order chi connectivity index (χ1) is 6.93. The number of hydrogen-bond acceptors (Lipinski definition) is 2. The number of nitrogens with two attached hydrogens (primary N) is 1. The molecule has 0 bridgehead atoms. The zero-order chi connectivity index (χ0) is 11.5. The van der Waals surface area contributed by atoms with Gasteiger partial charge in [0, 0.05) is 12.6 Å². The Morgan fingerprint density at radius 2 is 1.80 bits per heavy atom. The smallest absolute Gasteiger partial charge is 0.0509 e. The highest BCUT2D eigenvalue weighted by Crippen LogP contribution is 2.18. The van der Waals surface area contributed by atoms with Gasteiger partial charge in [-0.25, -0.2) is 0 Å². The van der Waals surface area contributed by atoms with E-state index < -0.39 is 0 Å². The van der Waals surface area contributed by atoms with Crippen molar-refractivity contribution in [3.05, 3.63) is 35.9 Å². The van der Waals surface area contributed by atoms with E-state index in [0.717, 1.165) is 6.54 Å². The summed E-state index contributed by atoms with van der Waals surface area (Å²) >= 11 is 0. The van der Waals surface area contributed by atoms with Gasteiger partial charge >= 0.3 is 0 Å². The number of rotatable bonds is 4. The molecule has 84 valence electrons. The van der Waals surface area contributed by atoms with Crippen LogP contribution in [0.2, 0.25) is 0 Å². The van der Waals surface area contributed by atoms with Crippen molar-refractivity contribution in [2.45, 2.75) is 32.4 Å². The van der Waals surface area contributed by atoms with Gasteiger partial charge in [0.1, 0.15) is 0 Å². The molecule has 15 heavy (non-hydrogen) atoms. The second-order valence-corrected chi connectivity index (χ2v) is 4.79. The molecule has 0 heterocycles. The van der Waals surface area contributed by atoms with Gasteiger partial charge in [-0.15, -0.1) is 0 Å². The van der Waals surface area contributed by atoms with Crippen LogP contribution in [0, 0.1) is 0 Å². The molecule has 1 unspecified atom stereocenters. The van der Waals surface area contributed by atoms with E-state index in [2.05, 4.69) is 44.9 Å². The predicted octanol–water partition coefficient (Wildman–Crippen LogP) is 2.20. The van der Waals surface area contributed by atoms with E-state index in [0.29, 0.717) is 6.04 Å². The van der Waals surface area contributed by atoms with Gasteiger partial charge in [0.25, 0.3) is 0 Å². The van der Waals surface area contributed by atoms with Crippen molar-refractivity contribution in [1.82, 2.24) is 4.90 Å². The fourth-order valence-electron chi connectivity index (χ4n) is 1.61. The highest BCUT2D eigenvalue weighted by atomic mass is 15.1. The topological polar surface area (TPSA) is 29.3 Å². The average Bonchev–Trinajstić information content (AvgIpc) is 2.18. The van der Waals surface area contributed by atoms with Crippen LogP contribution in [0.1, 0.15) is 26.3 Å². The third kappa shape index (κ3) is 3.33. The van der Waals surface area contributed by atoms with Gasteiger partial charge in [-0.1, -0.05) is 30.3 Å². The molecule has 0 amide bonds. The van der Waals surface area contributed by atoms with Crippen LogP contribution in [-0.2, 0) is 5.54 Å². The Labute approximate surface area is 93.1 Å². The van der Waals surface area contributed by atoms with Gasteiger partial charge < -0.3 is 10.6 Å². The molecule has 2 heteroatoms. The standard InChI is InChI=1S/C13H22N2/c1-11(2)15(4)10-13(3,14)12-8-6-5-7-9-12/h5-9,11H,10,14H2,1-4H3. The van der Waals surface area contributed by atoms with E-state index in [1.807, 2.05) is 18.2 Å². The SMILES string of the molecule is CC(C)N(C)CC(C)(N)c1ccccc1. The molecule has 0 aromatic heterocycles. The number of hydrogen-bond donors (Lipinski definition) is 1. The van der Waals surface area contributed by atoms with Crippen molar-refractivity contribution < 1.29 is 0 Å². The fraction of sp³-hybridized carbons (Fsp3) is 0.538. The third-order valence-corrected chi connectivity index (χ3v) is 2.89. The van der Waals surface area contributed by atoms with Crippen LogP contribution in [0.5, 0.6) is 0 Å². The van der Waals surface area contributed by atoms with Gasteiger partial charge in [0.05, 0.1) is 5.54 Å². The van der Waals surface area contributed by atoms with Gasteiger partial charge in [-0.05, 0) is 33.4 Å². The summed E-state index contributed by atoms with van der Waals surface area (Å²) in [6, 6.07) is 10.8. The zero-order valence-corrected chi connectivity index (χ0v) is 10.2. The van der Waals surface area contributed by atoms with Crippen molar-refractivity contribution in [1.29, 1.82) is 0 Å². The summed E-state index contributed by atoms with van der Waals surface area (Å²) in [4.78, 5) is 2.27. The summed E-state index contributed by atoms with van der Waals surface area (Å²) in [5.41, 5.74) is 7.25. The van der Waals surface area contributed by atoms with Crippen molar-refractivity contribution in [3.63, 3.8) is 0 Å². The summed E-state index contributed by atoms with van der Waals surface area (Å²) in [5.74, 6) is 0. The Morgan fingerprint density at radius 3 is 2.27 bits per heavy atom. The average molecular weight is 206 g/mol. The first kappa shape index (κ1) is 12.2. The minimum Gasteiger partial charge on any atom is -0.321 e. The molecule has 2 nitrogen and oxygen atoms in total. The van der Waals surface area contributed by atoms with Crippen molar-refractivity contribution in [2.24, 2.45) is 5.73 Å². The summed E-state index contributed by atoms with van der Waals surface area (Å²) < 4.78 is 0. The minimum atomic E-state index is -0.277. The van der Waals surface area contributed by atoms with Crippen LogP contribution in [0.25, 0.3) is 0 Å². The lowest BCUT2D eigenvalue weighted by atomic mass is 9.92. The molecule has 0 aliphatic carbocycles. The molecule has 1 aromatic carbocycles. The lowest BCUT2D eigenvalue weighted by molar-refractivity contribution is 0.217. The molecule has 0 saturated carbocycles. The van der Waals surface area contributed by atoms with Gasteiger partial charge in [-0.2, -0.15) is 0 Å². The zero-order valence-electron chi connectivity index (χ0n) is 10.2. The second-order valence-electron chi connectivity index (χ2n) is 4.79. The van der Waals surface area contributed by atoms with Gasteiger partial charge in [-0.3, -0.25) is 0 Å². The molecule has 1 rings (SSSR count). The Balaban J connectivity index is 2.75. The molecule has 2 N–H and O–H groups in total. The Bertz CT molecular complexity index is 291. The van der Waals surface area contributed by atoms with Crippen LogP contribution in [0.15, 0.2) is 30.3 Å². The maximum atomic E-state index is 6.34. The molecule has 0 radical (unpaired) electrons. The van der Waals surface area contributed by atoms with E-state index >= 15 is 0 Å². The fourth-order valence-corrected chi connectivity index (χ4v) is 1.61. The van der Waals surface area contributed by atoms with E-state index in [-0.39, 0.29) is 5.54 Å². The highest BCUT2D eigenvalue weighted by molar-refractivity contribution is 5.23. The number of benzene rings is 1. The number of nitrogens with zero attached hydrogens (tertiary/aromatic N) is 1. The van der Waals surface area contributed by atoms with Gasteiger partial charge in [0.15, 0.2) is 0 Å². The van der Waals surface area contributed by atoms with Crippen LogP contribution in [-0.4, -0.2) is 24.5 Å². The second kappa shape index (κ2) is 4.77. The molecule has 0 saturated heterocycles. The molecular weight excluding hydrogens is 184 g/mol. The molecule has 0 spiro atoms. The predicted molar refractivity (Wildman–Crippen MR) is 65.7 cm³/mol. The molecule has 0 fully saturated rings. The number of likely N-dealkylation sites (N-methyl/N-ethyl adjacent to an activating group) is 1.